The molecule has 1 nitrogen and oxygen atoms in total. The highest BCUT2D eigenvalue weighted by atomic mass is 14.2. The number of hydrogen-bond donors (Lipinski definition) is 0. The molecule has 0 aliphatic rings. The van der Waals surface area contributed by atoms with Gasteiger partial charge in [0.05, 0.1) is 12.5 Å². The van der Waals surface area contributed by atoms with E-state index in [4.69, 9.17) is 5.26 Å². The van der Waals surface area contributed by atoms with Crippen LogP contribution in [0.25, 0.3) is 0 Å². The minimum absolute atomic E-state index is 0.453. The Morgan fingerprint density at radius 2 is 2.25 bits per heavy atom. The molecule has 0 heterocycles. The second-order valence-corrected chi connectivity index (χ2v) is 2.15. The first kappa shape index (κ1) is 7.23. The molecule has 0 rings (SSSR count). The van der Waals surface area contributed by atoms with Crippen LogP contribution in [0.4, 0.5) is 0 Å². The summed E-state index contributed by atoms with van der Waals surface area (Å²) in [5, 5.41) is 8.17. The second-order valence-electron chi connectivity index (χ2n) is 2.15. The van der Waals surface area contributed by atoms with E-state index in [2.05, 4.69) is 6.58 Å². The van der Waals surface area contributed by atoms with Gasteiger partial charge >= 0.3 is 0 Å². The molecule has 0 radical (unpaired) electrons. The van der Waals surface area contributed by atoms with Gasteiger partial charge < -0.3 is 0 Å². The zero-order chi connectivity index (χ0) is 6.57. The lowest BCUT2D eigenvalue weighted by Gasteiger charge is -2.01. The molecule has 1 heteroatoms. The Labute approximate surface area is 50.6 Å². The summed E-state index contributed by atoms with van der Waals surface area (Å²) in [6.45, 7) is 7.80. The van der Waals surface area contributed by atoms with Gasteiger partial charge in [0.25, 0.3) is 0 Å². The molecule has 0 saturated heterocycles. The van der Waals surface area contributed by atoms with Crippen molar-refractivity contribution in [1.82, 2.24) is 0 Å². The molecule has 0 aliphatic heterocycles. The first-order valence-electron chi connectivity index (χ1n) is 2.73. The molecule has 0 aromatic heterocycles. The SMILES string of the molecule is C=C(CC#N)C(C)C. The average molecular weight is 109 g/mol. The summed E-state index contributed by atoms with van der Waals surface area (Å²) in [5.74, 6) is 0.453. The van der Waals surface area contributed by atoms with Gasteiger partial charge in [-0.2, -0.15) is 5.26 Å². The van der Waals surface area contributed by atoms with Crippen molar-refractivity contribution in [2.75, 3.05) is 0 Å². The second kappa shape index (κ2) is 3.26. The average Bonchev–Trinajstić information content (AvgIpc) is 1.67. The number of allylic oxidation sites excluding steroid dienone is 1. The van der Waals surface area contributed by atoms with Crippen LogP contribution in [0.1, 0.15) is 20.3 Å². The van der Waals surface area contributed by atoms with E-state index in [0.717, 1.165) is 5.57 Å². The zero-order valence-electron chi connectivity index (χ0n) is 5.44. The van der Waals surface area contributed by atoms with E-state index in [1.165, 1.54) is 0 Å². The van der Waals surface area contributed by atoms with E-state index >= 15 is 0 Å². The molecule has 0 atom stereocenters. The van der Waals surface area contributed by atoms with Crippen LogP contribution < -0.4 is 0 Å². The summed E-state index contributed by atoms with van der Waals surface area (Å²) >= 11 is 0. The van der Waals surface area contributed by atoms with Crippen molar-refractivity contribution >= 4 is 0 Å². The third-order valence-electron chi connectivity index (χ3n) is 1.12. The zero-order valence-corrected chi connectivity index (χ0v) is 5.44. The van der Waals surface area contributed by atoms with Gasteiger partial charge in [0, 0.05) is 0 Å². The highest BCUT2D eigenvalue weighted by Gasteiger charge is 1.96. The molecule has 0 aromatic rings. The Kier molecular flexibility index (Phi) is 2.95. The van der Waals surface area contributed by atoms with Crippen LogP contribution in [0, 0.1) is 17.2 Å². The molecule has 0 spiro atoms. The Morgan fingerprint density at radius 3 is 2.38 bits per heavy atom. The summed E-state index contributed by atoms with van der Waals surface area (Å²) in [6, 6.07) is 2.05. The molecule has 0 aliphatic carbocycles. The predicted octanol–water partition coefficient (Wildman–Crippen LogP) is 2.11. The van der Waals surface area contributed by atoms with Gasteiger partial charge in [-0.05, 0) is 5.92 Å². The highest BCUT2D eigenvalue weighted by Crippen LogP contribution is 2.08. The third kappa shape index (κ3) is 2.41. The van der Waals surface area contributed by atoms with Gasteiger partial charge in [-0.25, -0.2) is 0 Å². The van der Waals surface area contributed by atoms with Crippen LogP contribution in [0.3, 0.4) is 0 Å². The van der Waals surface area contributed by atoms with E-state index in [1.807, 2.05) is 19.9 Å². The van der Waals surface area contributed by atoms with E-state index in [1.54, 1.807) is 0 Å². The summed E-state index contributed by atoms with van der Waals surface area (Å²) in [5.41, 5.74) is 1.02. The lowest BCUT2D eigenvalue weighted by molar-refractivity contribution is 0.754. The summed E-state index contributed by atoms with van der Waals surface area (Å²) in [4.78, 5) is 0. The van der Waals surface area contributed by atoms with E-state index in [-0.39, 0.29) is 0 Å². The van der Waals surface area contributed by atoms with Crippen molar-refractivity contribution < 1.29 is 0 Å². The maximum atomic E-state index is 8.17. The van der Waals surface area contributed by atoms with Crippen molar-refractivity contribution in [3.8, 4) is 6.07 Å². The monoisotopic (exact) mass is 109 g/mol. The van der Waals surface area contributed by atoms with Gasteiger partial charge in [0.2, 0.25) is 0 Å². The first-order valence-corrected chi connectivity index (χ1v) is 2.73. The van der Waals surface area contributed by atoms with Crippen molar-refractivity contribution in [2.45, 2.75) is 20.3 Å². The van der Waals surface area contributed by atoms with Crippen LogP contribution in [-0.2, 0) is 0 Å². The molecule has 8 heavy (non-hydrogen) atoms. The third-order valence-corrected chi connectivity index (χ3v) is 1.12. The molecule has 0 aromatic carbocycles. The normalized spacial score (nSPS) is 8.75. The first-order chi connectivity index (χ1) is 3.68. The quantitative estimate of drug-likeness (QED) is 0.498. The van der Waals surface area contributed by atoms with Crippen molar-refractivity contribution in [3.63, 3.8) is 0 Å². The predicted molar refractivity (Wildman–Crippen MR) is 34.2 cm³/mol. The standard InChI is InChI=1S/C7H11N/c1-6(2)7(3)4-5-8/h6H,3-4H2,1-2H3. The number of nitriles is 1. The lowest BCUT2D eigenvalue weighted by atomic mass is 10.0. The fraction of sp³-hybridized carbons (Fsp3) is 0.571. The van der Waals surface area contributed by atoms with Crippen LogP contribution >= 0.6 is 0 Å². The smallest absolute Gasteiger partial charge is 0.0666 e. The van der Waals surface area contributed by atoms with Gasteiger partial charge in [-0.3, -0.25) is 0 Å². The van der Waals surface area contributed by atoms with E-state index in [9.17, 15) is 0 Å². The molecular formula is C7H11N. The Bertz CT molecular complexity index is 117. The summed E-state index contributed by atoms with van der Waals surface area (Å²) in [7, 11) is 0. The van der Waals surface area contributed by atoms with Crippen LogP contribution in [-0.4, -0.2) is 0 Å². The fourth-order valence-corrected chi connectivity index (χ4v) is 0.306. The van der Waals surface area contributed by atoms with Gasteiger partial charge in [0.1, 0.15) is 0 Å². The Balaban J connectivity index is 3.53. The van der Waals surface area contributed by atoms with Crippen LogP contribution in [0.5, 0.6) is 0 Å². The molecule has 0 saturated carbocycles. The van der Waals surface area contributed by atoms with Gasteiger partial charge in [0.15, 0.2) is 0 Å². The Morgan fingerprint density at radius 1 is 1.75 bits per heavy atom. The number of nitrogens with zero attached hydrogens (tertiary/aromatic N) is 1. The summed E-state index contributed by atoms with van der Waals surface area (Å²) in [6.07, 6.45) is 0.498. The maximum Gasteiger partial charge on any atom is 0.0666 e. The molecule has 0 bridgehead atoms. The van der Waals surface area contributed by atoms with Crippen molar-refractivity contribution in [1.29, 1.82) is 5.26 Å². The minimum atomic E-state index is 0.453. The van der Waals surface area contributed by atoms with Gasteiger partial charge in [-0.1, -0.05) is 26.0 Å². The topological polar surface area (TPSA) is 23.8 Å². The largest absolute Gasteiger partial charge is 0.198 e. The van der Waals surface area contributed by atoms with Crippen LogP contribution in [0.2, 0.25) is 0 Å². The molecule has 0 unspecified atom stereocenters. The van der Waals surface area contributed by atoms with Crippen molar-refractivity contribution in [2.24, 2.45) is 5.92 Å². The molecule has 0 N–H and O–H groups in total. The Hall–Kier alpha value is -0.770. The number of rotatable bonds is 2. The lowest BCUT2D eigenvalue weighted by Crippen LogP contribution is -1.89. The molecule has 0 fully saturated rings. The highest BCUT2D eigenvalue weighted by molar-refractivity contribution is 5.04. The molecule has 44 valence electrons. The van der Waals surface area contributed by atoms with E-state index < -0.39 is 0 Å². The van der Waals surface area contributed by atoms with E-state index in [0.29, 0.717) is 12.3 Å². The fourth-order valence-electron chi connectivity index (χ4n) is 0.306. The maximum absolute atomic E-state index is 8.17. The van der Waals surface area contributed by atoms with Crippen LogP contribution in [0.15, 0.2) is 12.2 Å². The molecule has 0 amide bonds. The van der Waals surface area contributed by atoms with Crippen molar-refractivity contribution in [3.05, 3.63) is 12.2 Å². The minimum Gasteiger partial charge on any atom is -0.198 e. The summed E-state index contributed by atoms with van der Waals surface area (Å²) < 4.78 is 0. The van der Waals surface area contributed by atoms with Gasteiger partial charge in [-0.15, -0.1) is 0 Å². The number of hydrogen-bond acceptors (Lipinski definition) is 1. The molecular weight excluding hydrogens is 98.1 g/mol.